The van der Waals surface area contributed by atoms with E-state index in [4.69, 9.17) is 4.99 Å². The first-order chi connectivity index (χ1) is 11.8. The predicted octanol–water partition coefficient (Wildman–Crippen LogP) is 4.38. The van der Waals surface area contributed by atoms with Crippen LogP contribution in [0.2, 0.25) is 0 Å². The van der Waals surface area contributed by atoms with E-state index in [1.165, 1.54) is 12.1 Å². The maximum absolute atomic E-state index is 13.3. The van der Waals surface area contributed by atoms with E-state index < -0.39 is 0 Å². The number of benzene rings is 1. The summed E-state index contributed by atoms with van der Waals surface area (Å²) in [6.45, 7) is 0. The Kier molecular flexibility index (Phi) is 3.71. The monoisotopic (exact) mass is 315 g/mol. The van der Waals surface area contributed by atoms with Gasteiger partial charge in [0.1, 0.15) is 5.82 Å². The average molecular weight is 315 g/mol. The molecule has 3 aromatic rings. The van der Waals surface area contributed by atoms with Gasteiger partial charge in [-0.1, -0.05) is 12.1 Å². The average Bonchev–Trinajstić information content (AvgIpc) is 3.09. The van der Waals surface area contributed by atoms with Crippen molar-refractivity contribution in [2.75, 3.05) is 0 Å². The molecule has 0 bridgehead atoms. The fourth-order valence-electron chi connectivity index (χ4n) is 2.84. The third kappa shape index (κ3) is 2.74. The molecule has 0 fully saturated rings. The summed E-state index contributed by atoms with van der Waals surface area (Å²) in [4.78, 5) is 13.0. The van der Waals surface area contributed by atoms with Crippen molar-refractivity contribution in [3.8, 4) is 0 Å². The summed E-state index contributed by atoms with van der Waals surface area (Å²) < 4.78 is 13.3. The number of nitrogens with zero attached hydrogens (tertiary/aromatic N) is 3. The molecule has 3 nitrogen and oxygen atoms in total. The van der Waals surface area contributed by atoms with Crippen molar-refractivity contribution in [3.05, 3.63) is 95.8 Å². The van der Waals surface area contributed by atoms with E-state index in [1.54, 1.807) is 36.9 Å². The standard InChI is InChI=1S/C20H14FN3/c21-17-3-1-14(2-4-17)18-13-19(15-5-9-22-10-6-15)24-20(18)16-7-11-23-12-8-16/h1-12H,13H2. The van der Waals surface area contributed by atoms with Crippen LogP contribution < -0.4 is 0 Å². The molecule has 3 heterocycles. The molecule has 0 aliphatic carbocycles. The molecule has 0 unspecified atom stereocenters. The van der Waals surface area contributed by atoms with Gasteiger partial charge in [0.15, 0.2) is 0 Å². The molecule has 1 aromatic carbocycles. The first-order valence-corrected chi connectivity index (χ1v) is 7.69. The lowest BCUT2D eigenvalue weighted by Crippen LogP contribution is -1.98. The van der Waals surface area contributed by atoms with E-state index in [-0.39, 0.29) is 5.82 Å². The molecular weight excluding hydrogens is 301 g/mol. The number of aromatic nitrogens is 2. The van der Waals surface area contributed by atoms with E-state index in [0.29, 0.717) is 6.42 Å². The topological polar surface area (TPSA) is 38.1 Å². The van der Waals surface area contributed by atoms with Crippen LogP contribution in [0.15, 0.2) is 78.3 Å². The van der Waals surface area contributed by atoms with Gasteiger partial charge in [0.2, 0.25) is 0 Å². The van der Waals surface area contributed by atoms with Gasteiger partial charge in [0.25, 0.3) is 0 Å². The molecule has 0 saturated carbocycles. The van der Waals surface area contributed by atoms with Gasteiger partial charge in [-0.25, -0.2) is 4.39 Å². The zero-order chi connectivity index (χ0) is 16.4. The lowest BCUT2D eigenvalue weighted by Gasteiger charge is -2.06. The van der Waals surface area contributed by atoms with Crippen molar-refractivity contribution in [2.45, 2.75) is 6.42 Å². The molecule has 0 radical (unpaired) electrons. The van der Waals surface area contributed by atoms with Crippen LogP contribution in [0, 0.1) is 5.82 Å². The van der Waals surface area contributed by atoms with Crippen LogP contribution in [0.3, 0.4) is 0 Å². The van der Waals surface area contributed by atoms with Crippen LogP contribution in [-0.2, 0) is 0 Å². The van der Waals surface area contributed by atoms with Gasteiger partial charge in [-0.2, -0.15) is 0 Å². The third-order valence-corrected chi connectivity index (χ3v) is 4.04. The molecule has 0 atom stereocenters. The number of hydrogen-bond donors (Lipinski definition) is 0. The first-order valence-electron chi connectivity index (χ1n) is 7.69. The molecule has 1 aliphatic heterocycles. The van der Waals surface area contributed by atoms with Gasteiger partial charge in [0, 0.05) is 36.8 Å². The number of hydrogen-bond acceptors (Lipinski definition) is 3. The SMILES string of the molecule is Fc1ccc(C2=C(c3ccncc3)N=C(c3ccncc3)C2)cc1. The highest BCUT2D eigenvalue weighted by Crippen LogP contribution is 2.36. The van der Waals surface area contributed by atoms with Crippen molar-refractivity contribution < 1.29 is 4.39 Å². The van der Waals surface area contributed by atoms with Gasteiger partial charge < -0.3 is 0 Å². The number of aliphatic imine (C=N–C) groups is 1. The minimum Gasteiger partial charge on any atom is -0.265 e. The minimum atomic E-state index is -0.238. The van der Waals surface area contributed by atoms with Crippen LogP contribution in [0.1, 0.15) is 23.1 Å². The van der Waals surface area contributed by atoms with Gasteiger partial charge in [-0.05, 0) is 53.1 Å². The summed E-state index contributed by atoms with van der Waals surface area (Å²) in [5, 5.41) is 0. The Morgan fingerprint density at radius 1 is 0.667 bits per heavy atom. The molecule has 116 valence electrons. The van der Waals surface area contributed by atoms with E-state index >= 15 is 0 Å². The van der Waals surface area contributed by atoms with Crippen LogP contribution in [0.5, 0.6) is 0 Å². The van der Waals surface area contributed by atoms with E-state index in [9.17, 15) is 4.39 Å². The van der Waals surface area contributed by atoms with Gasteiger partial charge in [-0.15, -0.1) is 0 Å². The highest BCUT2D eigenvalue weighted by Gasteiger charge is 2.21. The second kappa shape index (κ2) is 6.16. The van der Waals surface area contributed by atoms with Crippen molar-refractivity contribution in [2.24, 2.45) is 4.99 Å². The second-order valence-electron chi connectivity index (χ2n) is 5.54. The summed E-state index contributed by atoms with van der Waals surface area (Å²) in [6.07, 6.45) is 7.74. The van der Waals surface area contributed by atoms with E-state index in [0.717, 1.165) is 33.7 Å². The number of allylic oxidation sites excluding steroid dienone is 1. The van der Waals surface area contributed by atoms with Crippen LogP contribution in [0.25, 0.3) is 11.3 Å². The maximum Gasteiger partial charge on any atom is 0.123 e. The second-order valence-corrected chi connectivity index (χ2v) is 5.54. The molecule has 4 rings (SSSR count). The Morgan fingerprint density at radius 3 is 1.88 bits per heavy atom. The maximum atomic E-state index is 13.3. The summed E-state index contributed by atoms with van der Waals surface area (Å²) in [5.41, 5.74) is 6.03. The van der Waals surface area contributed by atoms with E-state index in [2.05, 4.69) is 9.97 Å². The van der Waals surface area contributed by atoms with Crippen molar-refractivity contribution in [1.82, 2.24) is 9.97 Å². The molecule has 0 amide bonds. The molecule has 0 spiro atoms. The Hall–Kier alpha value is -3.14. The van der Waals surface area contributed by atoms with E-state index in [1.807, 2.05) is 24.3 Å². The number of pyridine rings is 2. The molecule has 2 aromatic heterocycles. The van der Waals surface area contributed by atoms with Gasteiger partial charge in [0.05, 0.1) is 11.4 Å². The largest absolute Gasteiger partial charge is 0.265 e. The smallest absolute Gasteiger partial charge is 0.123 e. The highest BCUT2D eigenvalue weighted by molar-refractivity contribution is 6.16. The first kappa shape index (κ1) is 14.5. The minimum absolute atomic E-state index is 0.238. The highest BCUT2D eigenvalue weighted by atomic mass is 19.1. The predicted molar refractivity (Wildman–Crippen MR) is 92.8 cm³/mol. The molecular formula is C20H14FN3. The quantitative estimate of drug-likeness (QED) is 0.719. The number of halogens is 1. The zero-order valence-electron chi connectivity index (χ0n) is 12.9. The van der Waals surface area contributed by atoms with Crippen molar-refractivity contribution in [1.29, 1.82) is 0 Å². The summed E-state index contributed by atoms with van der Waals surface area (Å²) >= 11 is 0. The summed E-state index contributed by atoms with van der Waals surface area (Å²) in [5.74, 6) is -0.238. The van der Waals surface area contributed by atoms with Crippen LogP contribution >= 0.6 is 0 Å². The lowest BCUT2D eigenvalue weighted by atomic mass is 9.96. The van der Waals surface area contributed by atoms with Crippen molar-refractivity contribution >= 4 is 17.0 Å². The van der Waals surface area contributed by atoms with Crippen LogP contribution in [-0.4, -0.2) is 15.7 Å². The Bertz CT molecular complexity index is 914. The van der Waals surface area contributed by atoms with Crippen molar-refractivity contribution in [3.63, 3.8) is 0 Å². The molecule has 0 saturated heterocycles. The Labute approximate surface area is 139 Å². The van der Waals surface area contributed by atoms with Crippen LogP contribution in [0.4, 0.5) is 4.39 Å². The fourth-order valence-corrected chi connectivity index (χ4v) is 2.84. The Balaban J connectivity index is 1.81. The molecule has 0 N–H and O–H groups in total. The summed E-state index contributed by atoms with van der Waals surface area (Å²) in [6, 6.07) is 14.4. The van der Waals surface area contributed by atoms with Gasteiger partial charge >= 0.3 is 0 Å². The Morgan fingerprint density at radius 2 is 1.25 bits per heavy atom. The van der Waals surface area contributed by atoms with Gasteiger partial charge in [-0.3, -0.25) is 15.0 Å². The normalized spacial score (nSPS) is 14.0. The molecule has 24 heavy (non-hydrogen) atoms. The number of rotatable bonds is 3. The third-order valence-electron chi connectivity index (χ3n) is 4.04. The summed E-state index contributed by atoms with van der Waals surface area (Å²) in [7, 11) is 0. The lowest BCUT2D eigenvalue weighted by molar-refractivity contribution is 0.627. The molecule has 4 heteroatoms. The molecule has 1 aliphatic rings. The fraction of sp³-hybridized carbons (Fsp3) is 0.0500. The zero-order valence-corrected chi connectivity index (χ0v) is 12.9.